The second kappa shape index (κ2) is 6.92. The quantitative estimate of drug-likeness (QED) is 0.603. The first kappa shape index (κ1) is 17.3. The SMILES string of the molecule is Cc1ccc2c(c1)CCCC(c1cccc(F)c1O)=C2c1ccc(O)cc1. The summed E-state index contributed by atoms with van der Waals surface area (Å²) in [4.78, 5) is 0. The maximum Gasteiger partial charge on any atom is 0.165 e. The highest BCUT2D eigenvalue weighted by atomic mass is 19.1. The number of phenolic OH excluding ortho intramolecular Hbond substituents is 2. The van der Waals surface area contributed by atoms with Gasteiger partial charge in [-0.25, -0.2) is 4.39 Å². The highest BCUT2D eigenvalue weighted by Gasteiger charge is 2.22. The zero-order valence-electron chi connectivity index (χ0n) is 15.2. The normalized spacial score (nSPS) is 14.0. The Labute approximate surface area is 158 Å². The summed E-state index contributed by atoms with van der Waals surface area (Å²) in [6.45, 7) is 2.08. The molecule has 0 aliphatic heterocycles. The number of aromatic hydroxyl groups is 2. The van der Waals surface area contributed by atoms with Gasteiger partial charge in [0.15, 0.2) is 11.6 Å². The Morgan fingerprint density at radius 1 is 0.852 bits per heavy atom. The van der Waals surface area contributed by atoms with Crippen LogP contribution in [0, 0.1) is 12.7 Å². The first-order valence-corrected chi connectivity index (χ1v) is 9.15. The van der Waals surface area contributed by atoms with Gasteiger partial charge in [-0.1, -0.05) is 48.0 Å². The van der Waals surface area contributed by atoms with Crippen LogP contribution in [0.1, 0.15) is 40.7 Å². The number of benzene rings is 3. The van der Waals surface area contributed by atoms with E-state index in [0.29, 0.717) is 5.56 Å². The zero-order valence-corrected chi connectivity index (χ0v) is 15.2. The van der Waals surface area contributed by atoms with Gasteiger partial charge in [0, 0.05) is 5.56 Å². The Morgan fingerprint density at radius 2 is 1.63 bits per heavy atom. The molecule has 3 heteroatoms. The monoisotopic (exact) mass is 360 g/mol. The van der Waals surface area contributed by atoms with Crippen LogP contribution in [0.25, 0.3) is 11.1 Å². The van der Waals surface area contributed by atoms with E-state index in [4.69, 9.17) is 0 Å². The summed E-state index contributed by atoms with van der Waals surface area (Å²) in [6, 6.07) is 18.1. The summed E-state index contributed by atoms with van der Waals surface area (Å²) in [5, 5.41) is 20.1. The molecule has 0 unspecified atom stereocenters. The molecule has 0 heterocycles. The van der Waals surface area contributed by atoms with Gasteiger partial charge < -0.3 is 10.2 Å². The number of rotatable bonds is 2. The molecule has 2 nitrogen and oxygen atoms in total. The fourth-order valence-corrected chi connectivity index (χ4v) is 3.90. The average molecular weight is 360 g/mol. The molecule has 2 N–H and O–H groups in total. The van der Waals surface area contributed by atoms with Gasteiger partial charge >= 0.3 is 0 Å². The first-order chi connectivity index (χ1) is 13.0. The molecule has 0 amide bonds. The fourth-order valence-electron chi connectivity index (χ4n) is 3.90. The summed E-state index contributed by atoms with van der Waals surface area (Å²) in [5.41, 5.74) is 6.95. The number of para-hydroxylation sites is 1. The third-order valence-corrected chi connectivity index (χ3v) is 5.17. The fraction of sp³-hybridized carbons (Fsp3) is 0.167. The topological polar surface area (TPSA) is 40.5 Å². The zero-order chi connectivity index (χ0) is 19.0. The summed E-state index contributed by atoms with van der Waals surface area (Å²) in [7, 11) is 0. The van der Waals surface area contributed by atoms with Crippen LogP contribution in [0.4, 0.5) is 4.39 Å². The Hall–Kier alpha value is -3.07. The van der Waals surface area contributed by atoms with Crippen molar-refractivity contribution in [1.82, 2.24) is 0 Å². The molecule has 27 heavy (non-hydrogen) atoms. The van der Waals surface area contributed by atoms with Crippen molar-refractivity contribution in [2.24, 2.45) is 0 Å². The van der Waals surface area contributed by atoms with E-state index >= 15 is 0 Å². The molecular formula is C24H21FO2. The minimum absolute atomic E-state index is 0.201. The molecule has 1 aliphatic carbocycles. The highest BCUT2D eigenvalue weighted by molar-refractivity contribution is 6.00. The van der Waals surface area contributed by atoms with Gasteiger partial charge in [-0.2, -0.15) is 0 Å². The molecule has 0 fully saturated rings. The first-order valence-electron chi connectivity index (χ1n) is 9.15. The third-order valence-electron chi connectivity index (χ3n) is 5.17. The lowest BCUT2D eigenvalue weighted by atomic mass is 9.87. The summed E-state index contributed by atoms with van der Waals surface area (Å²) < 4.78 is 14.1. The van der Waals surface area contributed by atoms with Gasteiger partial charge in [0.05, 0.1) is 0 Å². The maximum absolute atomic E-state index is 14.1. The number of allylic oxidation sites excluding steroid dienone is 1. The predicted molar refractivity (Wildman–Crippen MR) is 106 cm³/mol. The lowest BCUT2D eigenvalue weighted by Gasteiger charge is -2.18. The van der Waals surface area contributed by atoms with Crippen LogP contribution in [0.3, 0.4) is 0 Å². The van der Waals surface area contributed by atoms with Crippen LogP contribution in [0.5, 0.6) is 11.5 Å². The number of halogens is 1. The number of hydrogen-bond acceptors (Lipinski definition) is 2. The second-order valence-electron chi connectivity index (χ2n) is 7.05. The molecule has 3 aromatic carbocycles. The molecule has 136 valence electrons. The molecule has 0 radical (unpaired) electrons. The largest absolute Gasteiger partial charge is 0.508 e. The lowest BCUT2D eigenvalue weighted by Crippen LogP contribution is -1.97. The van der Waals surface area contributed by atoms with Crippen LogP contribution < -0.4 is 0 Å². The molecule has 4 rings (SSSR count). The Bertz CT molecular complexity index is 1030. The Morgan fingerprint density at radius 3 is 2.41 bits per heavy atom. The number of hydrogen-bond donors (Lipinski definition) is 2. The number of fused-ring (bicyclic) bond motifs is 1. The number of aryl methyl sites for hydroxylation is 2. The van der Waals surface area contributed by atoms with Crippen molar-refractivity contribution in [2.75, 3.05) is 0 Å². The van der Waals surface area contributed by atoms with Gasteiger partial charge in [0.25, 0.3) is 0 Å². The van der Waals surface area contributed by atoms with Gasteiger partial charge in [0.1, 0.15) is 5.75 Å². The molecule has 0 saturated carbocycles. The van der Waals surface area contributed by atoms with Crippen molar-refractivity contribution in [1.29, 1.82) is 0 Å². The minimum Gasteiger partial charge on any atom is -0.508 e. The van der Waals surface area contributed by atoms with Gasteiger partial charge in [-0.3, -0.25) is 0 Å². The van der Waals surface area contributed by atoms with Crippen LogP contribution in [-0.4, -0.2) is 10.2 Å². The van der Waals surface area contributed by atoms with Crippen molar-refractivity contribution >= 4 is 11.1 Å². The Kier molecular flexibility index (Phi) is 4.44. The van der Waals surface area contributed by atoms with Gasteiger partial charge in [0.2, 0.25) is 0 Å². The summed E-state index contributed by atoms with van der Waals surface area (Å²) in [5.74, 6) is -0.718. The molecule has 0 atom stereocenters. The molecule has 0 bridgehead atoms. The minimum atomic E-state index is -0.613. The molecule has 1 aliphatic rings. The second-order valence-corrected chi connectivity index (χ2v) is 7.05. The predicted octanol–water partition coefficient (Wildman–Crippen LogP) is 5.84. The molecule has 0 spiro atoms. The third kappa shape index (κ3) is 3.21. The van der Waals surface area contributed by atoms with Crippen molar-refractivity contribution in [3.8, 4) is 11.5 Å². The molecule has 0 saturated heterocycles. The van der Waals surface area contributed by atoms with Crippen molar-refractivity contribution in [3.05, 3.63) is 94.3 Å². The number of phenols is 2. The van der Waals surface area contributed by atoms with E-state index in [0.717, 1.165) is 41.5 Å². The van der Waals surface area contributed by atoms with Crippen molar-refractivity contribution < 1.29 is 14.6 Å². The van der Waals surface area contributed by atoms with E-state index in [-0.39, 0.29) is 11.5 Å². The smallest absolute Gasteiger partial charge is 0.165 e. The van der Waals surface area contributed by atoms with E-state index < -0.39 is 5.82 Å². The standard InChI is InChI=1S/C24H21FO2/c1-15-8-13-19-17(14-15)4-2-5-20(21-6-3-7-22(25)24(21)27)23(19)16-9-11-18(26)12-10-16/h3,6-14,26-27H,2,4-5H2,1H3. The van der Waals surface area contributed by atoms with Crippen molar-refractivity contribution in [2.45, 2.75) is 26.2 Å². The van der Waals surface area contributed by atoms with Crippen LogP contribution in [0.2, 0.25) is 0 Å². The summed E-state index contributed by atoms with van der Waals surface area (Å²) in [6.07, 6.45) is 2.59. The molecule has 3 aromatic rings. The summed E-state index contributed by atoms with van der Waals surface area (Å²) >= 11 is 0. The lowest BCUT2D eigenvalue weighted by molar-refractivity contribution is 0.430. The van der Waals surface area contributed by atoms with E-state index in [1.54, 1.807) is 24.3 Å². The highest BCUT2D eigenvalue weighted by Crippen LogP contribution is 2.43. The average Bonchev–Trinajstić information content (AvgIpc) is 2.84. The van der Waals surface area contributed by atoms with Crippen molar-refractivity contribution in [3.63, 3.8) is 0 Å². The Balaban J connectivity index is 2.05. The molecule has 0 aromatic heterocycles. The van der Waals surface area contributed by atoms with Gasteiger partial charge in [-0.05, 0) is 72.2 Å². The van der Waals surface area contributed by atoms with Crippen LogP contribution in [-0.2, 0) is 6.42 Å². The van der Waals surface area contributed by atoms with E-state index in [1.165, 1.54) is 17.2 Å². The maximum atomic E-state index is 14.1. The van der Waals surface area contributed by atoms with E-state index in [1.807, 2.05) is 12.1 Å². The molecular weight excluding hydrogens is 339 g/mol. The van der Waals surface area contributed by atoms with Crippen LogP contribution >= 0.6 is 0 Å². The van der Waals surface area contributed by atoms with E-state index in [2.05, 4.69) is 25.1 Å². The van der Waals surface area contributed by atoms with Gasteiger partial charge in [-0.15, -0.1) is 0 Å². The van der Waals surface area contributed by atoms with E-state index in [9.17, 15) is 14.6 Å². The van der Waals surface area contributed by atoms with Crippen LogP contribution in [0.15, 0.2) is 60.7 Å².